The molecular weight excluding hydrogens is 254 g/mol. The zero-order chi connectivity index (χ0) is 15.1. The summed E-state index contributed by atoms with van der Waals surface area (Å²) in [7, 11) is 0. The minimum absolute atomic E-state index is 0.144. The van der Waals surface area contributed by atoms with E-state index in [1.807, 2.05) is 0 Å². The second kappa shape index (κ2) is 7.65. The van der Waals surface area contributed by atoms with Crippen molar-refractivity contribution in [3.63, 3.8) is 0 Å². The van der Waals surface area contributed by atoms with Crippen LogP contribution in [-0.4, -0.2) is 18.4 Å². The highest BCUT2D eigenvalue weighted by molar-refractivity contribution is 6.02. The molecule has 1 unspecified atom stereocenters. The molecule has 1 aromatic carbocycles. The second-order valence-corrected chi connectivity index (χ2v) is 5.39. The minimum atomic E-state index is -0.557. The fourth-order valence-corrected chi connectivity index (χ4v) is 2.20. The Balaban J connectivity index is 2.69. The van der Waals surface area contributed by atoms with Crippen LogP contribution in [0.3, 0.4) is 0 Å². The lowest BCUT2D eigenvalue weighted by Crippen LogP contribution is -2.24. The lowest BCUT2D eigenvalue weighted by Gasteiger charge is -2.17. The summed E-state index contributed by atoms with van der Waals surface area (Å²) in [4.78, 5) is 23.3. The molecule has 1 atom stereocenters. The first kappa shape index (κ1) is 16.2. The number of hydrogen-bond donors (Lipinski definition) is 3. The fraction of sp³-hybridized carbons (Fsp3) is 0.467. The van der Waals surface area contributed by atoms with Crippen molar-refractivity contribution >= 4 is 17.5 Å². The normalized spacial score (nSPS) is 12.2. The van der Waals surface area contributed by atoms with Crippen LogP contribution in [0, 0.1) is 11.8 Å². The highest BCUT2D eigenvalue weighted by Gasteiger charge is 2.16. The van der Waals surface area contributed by atoms with Crippen molar-refractivity contribution in [3.8, 4) is 0 Å². The van der Waals surface area contributed by atoms with Crippen LogP contribution < -0.4 is 16.8 Å². The quantitative estimate of drug-likeness (QED) is 0.708. The summed E-state index contributed by atoms with van der Waals surface area (Å²) >= 11 is 0. The van der Waals surface area contributed by atoms with Crippen LogP contribution >= 0.6 is 0 Å². The Morgan fingerprint density at radius 3 is 2.45 bits per heavy atom. The van der Waals surface area contributed by atoms with Gasteiger partial charge in [0.2, 0.25) is 5.91 Å². The first-order valence-electron chi connectivity index (χ1n) is 6.82. The van der Waals surface area contributed by atoms with Gasteiger partial charge >= 0.3 is 0 Å². The molecule has 1 rings (SSSR count). The van der Waals surface area contributed by atoms with Gasteiger partial charge in [0.15, 0.2) is 0 Å². The second-order valence-electron chi connectivity index (χ2n) is 5.39. The smallest absolute Gasteiger partial charge is 0.250 e. The molecule has 5 heteroatoms. The van der Waals surface area contributed by atoms with Crippen LogP contribution in [0.25, 0.3) is 0 Å². The maximum Gasteiger partial charge on any atom is 0.250 e. The van der Waals surface area contributed by atoms with Crippen LogP contribution in [-0.2, 0) is 4.79 Å². The first-order valence-corrected chi connectivity index (χ1v) is 6.82. The molecule has 5 N–H and O–H groups in total. The number of amides is 2. The maximum absolute atomic E-state index is 12.0. The molecule has 0 spiro atoms. The van der Waals surface area contributed by atoms with E-state index < -0.39 is 5.91 Å². The summed E-state index contributed by atoms with van der Waals surface area (Å²) in [5.74, 6) is -0.0572. The third kappa shape index (κ3) is 5.01. The lowest BCUT2D eigenvalue weighted by atomic mass is 9.94. The van der Waals surface area contributed by atoms with Crippen LogP contribution in [0.15, 0.2) is 24.3 Å². The van der Waals surface area contributed by atoms with Gasteiger partial charge in [0.25, 0.3) is 5.91 Å². The van der Waals surface area contributed by atoms with E-state index in [1.54, 1.807) is 24.3 Å². The van der Waals surface area contributed by atoms with Gasteiger partial charge in [-0.15, -0.1) is 0 Å². The third-order valence-corrected chi connectivity index (χ3v) is 3.08. The largest absolute Gasteiger partial charge is 0.366 e. The Morgan fingerprint density at radius 2 is 1.90 bits per heavy atom. The minimum Gasteiger partial charge on any atom is -0.366 e. The van der Waals surface area contributed by atoms with E-state index in [-0.39, 0.29) is 11.8 Å². The number of carbonyl (C=O) groups is 2. The molecule has 1 aromatic rings. The Morgan fingerprint density at radius 1 is 1.25 bits per heavy atom. The highest BCUT2D eigenvalue weighted by Crippen LogP contribution is 2.18. The predicted molar refractivity (Wildman–Crippen MR) is 80.2 cm³/mol. The van der Waals surface area contributed by atoms with Crippen LogP contribution in [0.1, 0.15) is 37.0 Å². The molecule has 20 heavy (non-hydrogen) atoms. The van der Waals surface area contributed by atoms with Crippen molar-refractivity contribution < 1.29 is 9.59 Å². The predicted octanol–water partition coefficient (Wildman–Crippen LogP) is 1.74. The molecule has 0 heterocycles. The van der Waals surface area contributed by atoms with E-state index in [4.69, 9.17) is 11.5 Å². The average molecular weight is 277 g/mol. The lowest BCUT2D eigenvalue weighted by molar-refractivity contribution is -0.117. The van der Waals surface area contributed by atoms with E-state index in [0.717, 1.165) is 6.42 Å². The number of para-hydroxylation sites is 1. The molecule has 110 valence electrons. The first-order chi connectivity index (χ1) is 9.43. The Bertz CT molecular complexity index is 472. The van der Waals surface area contributed by atoms with Crippen molar-refractivity contribution in [2.24, 2.45) is 23.3 Å². The monoisotopic (exact) mass is 277 g/mol. The van der Waals surface area contributed by atoms with Gasteiger partial charge in [-0.3, -0.25) is 9.59 Å². The molecule has 0 aromatic heterocycles. The SMILES string of the molecule is CC(C)CC(CN)CC(=O)Nc1ccccc1C(N)=O. The fourth-order valence-electron chi connectivity index (χ4n) is 2.20. The molecule has 0 saturated carbocycles. The van der Waals surface area contributed by atoms with E-state index in [2.05, 4.69) is 19.2 Å². The molecular formula is C15H23N3O2. The van der Waals surface area contributed by atoms with Gasteiger partial charge in [0.1, 0.15) is 0 Å². The zero-order valence-electron chi connectivity index (χ0n) is 12.1. The van der Waals surface area contributed by atoms with Crippen LogP contribution in [0.4, 0.5) is 5.69 Å². The summed E-state index contributed by atoms with van der Waals surface area (Å²) < 4.78 is 0. The van der Waals surface area contributed by atoms with Crippen molar-refractivity contribution in [1.82, 2.24) is 0 Å². The van der Waals surface area contributed by atoms with Gasteiger partial charge in [0, 0.05) is 6.42 Å². The van der Waals surface area contributed by atoms with Crippen LogP contribution in [0.2, 0.25) is 0 Å². The maximum atomic E-state index is 12.0. The number of carbonyl (C=O) groups excluding carboxylic acids is 2. The van der Waals surface area contributed by atoms with Gasteiger partial charge in [-0.1, -0.05) is 26.0 Å². The van der Waals surface area contributed by atoms with Gasteiger partial charge in [-0.25, -0.2) is 0 Å². The number of nitrogens with two attached hydrogens (primary N) is 2. The molecule has 0 aliphatic carbocycles. The molecule has 0 radical (unpaired) electrons. The Labute approximate surface area is 119 Å². The Hall–Kier alpha value is -1.88. The van der Waals surface area contributed by atoms with Crippen LogP contribution in [0.5, 0.6) is 0 Å². The van der Waals surface area contributed by atoms with Gasteiger partial charge < -0.3 is 16.8 Å². The molecule has 5 nitrogen and oxygen atoms in total. The number of primary amides is 1. The number of benzene rings is 1. The van der Waals surface area contributed by atoms with Crippen molar-refractivity contribution in [3.05, 3.63) is 29.8 Å². The summed E-state index contributed by atoms with van der Waals surface area (Å²) in [6.07, 6.45) is 1.25. The molecule has 0 fully saturated rings. The highest BCUT2D eigenvalue weighted by atomic mass is 16.2. The summed E-state index contributed by atoms with van der Waals surface area (Å²) in [6.45, 7) is 4.68. The number of nitrogens with one attached hydrogen (secondary N) is 1. The van der Waals surface area contributed by atoms with Gasteiger partial charge in [-0.05, 0) is 36.9 Å². The van der Waals surface area contributed by atoms with E-state index >= 15 is 0 Å². The summed E-state index contributed by atoms with van der Waals surface area (Å²) in [5.41, 5.74) is 11.7. The van der Waals surface area contributed by atoms with Gasteiger partial charge in [0.05, 0.1) is 11.3 Å². The zero-order valence-corrected chi connectivity index (χ0v) is 12.1. The van der Waals surface area contributed by atoms with Gasteiger partial charge in [-0.2, -0.15) is 0 Å². The van der Waals surface area contributed by atoms with E-state index in [0.29, 0.717) is 30.1 Å². The standard InChI is InChI=1S/C15H23N3O2/c1-10(2)7-11(9-16)8-14(19)18-13-6-4-3-5-12(13)15(17)20/h3-6,10-11H,7-9,16H2,1-2H3,(H2,17,20)(H,18,19). The molecule has 0 saturated heterocycles. The van der Waals surface area contributed by atoms with E-state index in [9.17, 15) is 9.59 Å². The van der Waals surface area contributed by atoms with Crippen molar-refractivity contribution in [1.29, 1.82) is 0 Å². The number of anilines is 1. The number of hydrogen-bond acceptors (Lipinski definition) is 3. The molecule has 0 aliphatic heterocycles. The third-order valence-electron chi connectivity index (χ3n) is 3.08. The van der Waals surface area contributed by atoms with Crippen molar-refractivity contribution in [2.75, 3.05) is 11.9 Å². The summed E-state index contributed by atoms with van der Waals surface area (Å²) in [6, 6.07) is 6.71. The molecule has 2 amide bonds. The average Bonchev–Trinajstić information content (AvgIpc) is 2.37. The summed E-state index contributed by atoms with van der Waals surface area (Å²) in [5, 5.41) is 2.73. The Kier molecular flexibility index (Phi) is 6.18. The van der Waals surface area contributed by atoms with E-state index in [1.165, 1.54) is 0 Å². The number of rotatable bonds is 7. The topological polar surface area (TPSA) is 98.2 Å². The molecule has 0 bridgehead atoms. The molecule has 0 aliphatic rings. The van der Waals surface area contributed by atoms with Crippen molar-refractivity contribution in [2.45, 2.75) is 26.7 Å².